The van der Waals surface area contributed by atoms with Gasteiger partial charge in [-0.25, -0.2) is 5.84 Å². The number of hydrogen-bond acceptors (Lipinski definition) is 3. The van der Waals surface area contributed by atoms with E-state index in [1.807, 2.05) is 54.6 Å². The van der Waals surface area contributed by atoms with Gasteiger partial charge in [-0.3, -0.25) is 10.2 Å². The van der Waals surface area contributed by atoms with Gasteiger partial charge < -0.3 is 4.74 Å². The molecule has 3 rings (SSSR count). The highest BCUT2D eigenvalue weighted by molar-refractivity contribution is 5.90. The molecule has 0 saturated heterocycles. The number of benzene rings is 2. The Bertz CT molecular complexity index is 604. The second kappa shape index (κ2) is 4.98. The van der Waals surface area contributed by atoms with Crippen molar-refractivity contribution in [2.24, 2.45) is 5.84 Å². The van der Waals surface area contributed by atoms with E-state index in [1.54, 1.807) is 0 Å². The first-order valence-corrected chi connectivity index (χ1v) is 6.59. The van der Waals surface area contributed by atoms with Gasteiger partial charge in [0, 0.05) is 0 Å². The molecule has 1 fully saturated rings. The minimum Gasteiger partial charge on any atom is -0.457 e. The maximum atomic E-state index is 11.8. The van der Waals surface area contributed by atoms with Crippen LogP contribution in [0.5, 0.6) is 11.5 Å². The fourth-order valence-corrected chi connectivity index (χ4v) is 2.38. The number of rotatable bonds is 4. The number of nitrogens with one attached hydrogen (secondary N) is 1. The van der Waals surface area contributed by atoms with Crippen LogP contribution >= 0.6 is 0 Å². The smallest absolute Gasteiger partial charge is 0.244 e. The Labute approximate surface area is 117 Å². The van der Waals surface area contributed by atoms with Crippen LogP contribution in [-0.4, -0.2) is 5.91 Å². The fourth-order valence-electron chi connectivity index (χ4n) is 2.38. The number of ether oxygens (including phenoxy) is 1. The van der Waals surface area contributed by atoms with Crippen LogP contribution in [0.3, 0.4) is 0 Å². The molecular weight excluding hydrogens is 252 g/mol. The van der Waals surface area contributed by atoms with Gasteiger partial charge in [-0.1, -0.05) is 30.3 Å². The van der Waals surface area contributed by atoms with E-state index in [4.69, 9.17) is 10.6 Å². The number of nitrogens with two attached hydrogens (primary N) is 1. The first-order valence-electron chi connectivity index (χ1n) is 6.59. The van der Waals surface area contributed by atoms with Crippen molar-refractivity contribution < 1.29 is 9.53 Å². The number of carbonyl (C=O) groups is 1. The summed E-state index contributed by atoms with van der Waals surface area (Å²) in [6.45, 7) is 0. The third-order valence-corrected chi connectivity index (χ3v) is 3.70. The molecule has 4 heteroatoms. The quantitative estimate of drug-likeness (QED) is 0.508. The Morgan fingerprint density at radius 3 is 2.15 bits per heavy atom. The summed E-state index contributed by atoms with van der Waals surface area (Å²) in [5.41, 5.74) is 2.81. The lowest BCUT2D eigenvalue weighted by Gasteiger charge is -2.14. The van der Waals surface area contributed by atoms with E-state index in [-0.39, 0.29) is 5.91 Å². The SMILES string of the molecule is NNC(=O)C1(c2ccc(Oc3ccccc3)cc2)CC1. The highest BCUT2D eigenvalue weighted by Crippen LogP contribution is 2.48. The van der Waals surface area contributed by atoms with Gasteiger partial charge in [0.15, 0.2) is 0 Å². The number of hydrazine groups is 1. The molecule has 1 saturated carbocycles. The average Bonchev–Trinajstić information content (AvgIpc) is 3.30. The molecule has 1 aliphatic carbocycles. The first kappa shape index (κ1) is 12.7. The Hall–Kier alpha value is -2.33. The number of para-hydroxylation sites is 1. The van der Waals surface area contributed by atoms with Crippen LogP contribution in [0.2, 0.25) is 0 Å². The van der Waals surface area contributed by atoms with Gasteiger partial charge in [0.25, 0.3) is 0 Å². The Kier molecular flexibility index (Phi) is 3.16. The Morgan fingerprint density at radius 2 is 1.60 bits per heavy atom. The zero-order chi connectivity index (χ0) is 14.0. The molecule has 102 valence electrons. The van der Waals surface area contributed by atoms with Crippen LogP contribution in [0.4, 0.5) is 0 Å². The highest BCUT2D eigenvalue weighted by Gasteiger charge is 2.50. The fraction of sp³-hybridized carbons (Fsp3) is 0.188. The molecule has 3 N–H and O–H groups in total. The summed E-state index contributed by atoms with van der Waals surface area (Å²) in [7, 11) is 0. The van der Waals surface area contributed by atoms with E-state index in [0.29, 0.717) is 0 Å². The summed E-state index contributed by atoms with van der Waals surface area (Å²) in [4.78, 5) is 11.8. The molecular formula is C16H16N2O2. The molecule has 0 aromatic heterocycles. The van der Waals surface area contributed by atoms with Crippen molar-refractivity contribution in [3.05, 3.63) is 60.2 Å². The maximum absolute atomic E-state index is 11.8. The summed E-state index contributed by atoms with van der Waals surface area (Å²) < 4.78 is 5.73. The van der Waals surface area contributed by atoms with Crippen molar-refractivity contribution in [2.75, 3.05) is 0 Å². The van der Waals surface area contributed by atoms with Crippen molar-refractivity contribution >= 4 is 5.91 Å². The van der Waals surface area contributed by atoms with Crippen LogP contribution in [0.15, 0.2) is 54.6 Å². The number of hydrogen-bond donors (Lipinski definition) is 2. The second-order valence-corrected chi connectivity index (χ2v) is 5.00. The van der Waals surface area contributed by atoms with Crippen LogP contribution in [0, 0.1) is 0 Å². The molecule has 1 amide bonds. The molecule has 4 nitrogen and oxygen atoms in total. The van der Waals surface area contributed by atoms with Crippen LogP contribution in [0.1, 0.15) is 18.4 Å². The molecule has 0 unspecified atom stereocenters. The molecule has 0 spiro atoms. The molecule has 20 heavy (non-hydrogen) atoms. The summed E-state index contributed by atoms with van der Waals surface area (Å²) in [6, 6.07) is 17.2. The lowest BCUT2D eigenvalue weighted by molar-refractivity contribution is -0.123. The molecule has 0 aliphatic heterocycles. The zero-order valence-corrected chi connectivity index (χ0v) is 11.0. The van der Waals surface area contributed by atoms with Crippen LogP contribution in [-0.2, 0) is 10.2 Å². The summed E-state index contributed by atoms with van der Waals surface area (Å²) in [6.07, 6.45) is 1.68. The minimum absolute atomic E-state index is 0.116. The van der Waals surface area contributed by atoms with E-state index < -0.39 is 5.41 Å². The van der Waals surface area contributed by atoms with Gasteiger partial charge in [0.05, 0.1) is 5.41 Å². The van der Waals surface area contributed by atoms with Crippen molar-refractivity contribution in [1.29, 1.82) is 0 Å². The monoisotopic (exact) mass is 268 g/mol. The zero-order valence-electron chi connectivity index (χ0n) is 11.0. The molecule has 2 aromatic carbocycles. The van der Waals surface area contributed by atoms with Crippen molar-refractivity contribution in [3.63, 3.8) is 0 Å². The normalized spacial score (nSPS) is 15.4. The molecule has 0 atom stereocenters. The van der Waals surface area contributed by atoms with Crippen molar-refractivity contribution in [3.8, 4) is 11.5 Å². The highest BCUT2D eigenvalue weighted by atomic mass is 16.5. The minimum atomic E-state index is -0.431. The van der Waals surface area contributed by atoms with Crippen molar-refractivity contribution in [2.45, 2.75) is 18.3 Å². The lowest BCUT2D eigenvalue weighted by Crippen LogP contribution is -2.39. The third kappa shape index (κ3) is 2.26. The average molecular weight is 268 g/mol. The largest absolute Gasteiger partial charge is 0.457 e. The summed E-state index contributed by atoms with van der Waals surface area (Å²) >= 11 is 0. The summed E-state index contributed by atoms with van der Waals surface area (Å²) in [5.74, 6) is 6.67. The van der Waals surface area contributed by atoms with E-state index >= 15 is 0 Å². The standard InChI is InChI=1S/C16H16N2O2/c17-18-15(19)16(10-11-16)12-6-8-14(9-7-12)20-13-4-2-1-3-5-13/h1-9H,10-11,17H2,(H,18,19). The molecule has 0 bridgehead atoms. The molecule has 2 aromatic rings. The third-order valence-electron chi connectivity index (χ3n) is 3.70. The van der Waals surface area contributed by atoms with Gasteiger partial charge in [-0.15, -0.1) is 0 Å². The van der Waals surface area contributed by atoms with E-state index in [0.717, 1.165) is 29.9 Å². The number of amides is 1. The van der Waals surface area contributed by atoms with Crippen LogP contribution < -0.4 is 16.0 Å². The lowest BCUT2D eigenvalue weighted by atomic mass is 9.95. The topological polar surface area (TPSA) is 64.3 Å². The van der Waals surface area contributed by atoms with Gasteiger partial charge in [-0.05, 0) is 42.7 Å². The maximum Gasteiger partial charge on any atom is 0.244 e. The Balaban J connectivity index is 1.77. The molecule has 0 radical (unpaired) electrons. The van der Waals surface area contributed by atoms with Crippen LogP contribution in [0.25, 0.3) is 0 Å². The predicted octanol–water partition coefficient (Wildman–Crippen LogP) is 2.50. The van der Waals surface area contributed by atoms with Gasteiger partial charge >= 0.3 is 0 Å². The first-order chi connectivity index (χ1) is 9.74. The van der Waals surface area contributed by atoms with Crippen molar-refractivity contribution in [1.82, 2.24) is 5.43 Å². The second-order valence-electron chi connectivity index (χ2n) is 5.00. The van der Waals surface area contributed by atoms with Gasteiger partial charge in [-0.2, -0.15) is 0 Å². The molecule has 0 heterocycles. The molecule has 1 aliphatic rings. The number of carbonyl (C=O) groups excluding carboxylic acids is 1. The predicted molar refractivity (Wildman–Crippen MR) is 76.2 cm³/mol. The van der Waals surface area contributed by atoms with E-state index in [9.17, 15) is 4.79 Å². The summed E-state index contributed by atoms with van der Waals surface area (Å²) in [5, 5.41) is 0. The Morgan fingerprint density at radius 1 is 1.00 bits per heavy atom. The van der Waals surface area contributed by atoms with Gasteiger partial charge in [0.2, 0.25) is 5.91 Å². The van der Waals surface area contributed by atoms with E-state index in [1.165, 1.54) is 0 Å². The van der Waals surface area contributed by atoms with Gasteiger partial charge in [0.1, 0.15) is 11.5 Å². The van der Waals surface area contributed by atoms with E-state index in [2.05, 4.69) is 5.43 Å².